The molecule has 0 aromatic heterocycles. The predicted octanol–water partition coefficient (Wildman–Crippen LogP) is 2.34. The van der Waals surface area contributed by atoms with Crippen molar-refractivity contribution in [3.63, 3.8) is 0 Å². The summed E-state index contributed by atoms with van der Waals surface area (Å²) in [7, 11) is 4.04. The number of nitrogens with one attached hydrogen (secondary N) is 1. The molecule has 5 nitrogen and oxygen atoms in total. The van der Waals surface area contributed by atoms with Crippen LogP contribution in [0.5, 0.6) is 0 Å². The Morgan fingerprint density at radius 1 is 1.43 bits per heavy atom. The van der Waals surface area contributed by atoms with Crippen LogP contribution in [0.3, 0.4) is 0 Å². The highest BCUT2D eigenvalue weighted by Gasteiger charge is 2.34. The van der Waals surface area contributed by atoms with Gasteiger partial charge in [0.2, 0.25) is 11.8 Å². The predicted molar refractivity (Wildman–Crippen MR) is 100 cm³/mol. The molecule has 1 saturated heterocycles. The summed E-state index contributed by atoms with van der Waals surface area (Å²) >= 11 is 2.25. The minimum atomic E-state index is -0.250. The van der Waals surface area contributed by atoms with Crippen LogP contribution < -0.4 is 5.32 Å². The third kappa shape index (κ3) is 5.17. The van der Waals surface area contributed by atoms with Crippen molar-refractivity contribution in [3.8, 4) is 0 Å². The third-order valence-electron chi connectivity index (χ3n) is 4.06. The molecule has 1 aromatic carbocycles. The van der Waals surface area contributed by atoms with Crippen LogP contribution in [0.25, 0.3) is 0 Å². The smallest absolute Gasteiger partial charge is 0.229 e. The summed E-state index contributed by atoms with van der Waals surface area (Å²) in [5.41, 5.74) is 1.87. The zero-order valence-corrected chi connectivity index (χ0v) is 16.1. The van der Waals surface area contributed by atoms with Crippen LogP contribution in [0.2, 0.25) is 0 Å². The molecule has 1 fully saturated rings. The Hall–Kier alpha value is -1.15. The number of hydrogen-bond acceptors (Lipinski definition) is 3. The van der Waals surface area contributed by atoms with E-state index in [1.54, 1.807) is 0 Å². The normalized spacial score (nSPS) is 17.9. The minimum Gasteiger partial charge on any atom is -0.342 e. The van der Waals surface area contributed by atoms with Gasteiger partial charge in [0.05, 0.1) is 5.92 Å². The summed E-state index contributed by atoms with van der Waals surface area (Å²) in [5.74, 6) is -0.221. The van der Waals surface area contributed by atoms with Gasteiger partial charge in [-0.2, -0.15) is 0 Å². The summed E-state index contributed by atoms with van der Waals surface area (Å²) in [6.45, 7) is 4.18. The molecule has 2 amide bonds. The third-order valence-corrected chi connectivity index (χ3v) is 4.74. The lowest BCUT2D eigenvalue weighted by molar-refractivity contribution is -0.128. The molecule has 1 aromatic rings. The fourth-order valence-corrected chi connectivity index (χ4v) is 3.39. The summed E-state index contributed by atoms with van der Waals surface area (Å²) in [6, 6.07) is 5.92. The van der Waals surface area contributed by atoms with Gasteiger partial charge >= 0.3 is 0 Å². The molecule has 1 N–H and O–H groups in total. The van der Waals surface area contributed by atoms with E-state index >= 15 is 0 Å². The summed E-state index contributed by atoms with van der Waals surface area (Å²) in [6.07, 6.45) is 1.25. The minimum absolute atomic E-state index is 0.0576. The molecular weight excluding hydrogens is 405 g/mol. The number of aryl methyl sites for hydroxylation is 1. The van der Waals surface area contributed by atoms with Gasteiger partial charge in [-0.1, -0.05) is 0 Å². The fourth-order valence-electron chi connectivity index (χ4n) is 2.74. The topological polar surface area (TPSA) is 52.7 Å². The number of hydrogen-bond donors (Lipinski definition) is 1. The van der Waals surface area contributed by atoms with E-state index in [4.69, 9.17) is 0 Å². The van der Waals surface area contributed by atoms with Crippen LogP contribution in [-0.2, 0) is 9.59 Å². The van der Waals surface area contributed by atoms with Crippen LogP contribution in [0.1, 0.15) is 18.4 Å². The molecule has 0 aliphatic carbocycles. The van der Waals surface area contributed by atoms with E-state index in [1.165, 1.54) is 0 Å². The number of carbonyl (C=O) groups is 2. The fraction of sp³-hybridized carbons (Fsp3) is 0.529. The van der Waals surface area contributed by atoms with Gasteiger partial charge in [-0.25, -0.2) is 0 Å². The molecule has 23 heavy (non-hydrogen) atoms. The van der Waals surface area contributed by atoms with E-state index in [1.807, 2.05) is 44.1 Å². The highest BCUT2D eigenvalue weighted by atomic mass is 127. The average molecular weight is 429 g/mol. The molecule has 1 aliphatic heterocycles. The van der Waals surface area contributed by atoms with Gasteiger partial charge in [-0.3, -0.25) is 9.59 Å². The van der Waals surface area contributed by atoms with E-state index in [0.29, 0.717) is 13.0 Å². The largest absolute Gasteiger partial charge is 0.342 e. The molecule has 1 atom stereocenters. The number of nitrogens with zero attached hydrogens (tertiary/aromatic N) is 2. The van der Waals surface area contributed by atoms with E-state index in [2.05, 4.69) is 32.8 Å². The number of carbonyl (C=O) groups excluding carboxylic acids is 2. The van der Waals surface area contributed by atoms with E-state index in [0.717, 1.165) is 34.3 Å². The molecule has 0 radical (unpaired) electrons. The average Bonchev–Trinajstić information content (AvgIpc) is 2.83. The number of amides is 2. The van der Waals surface area contributed by atoms with Crippen molar-refractivity contribution in [1.82, 2.24) is 9.80 Å². The zero-order valence-electron chi connectivity index (χ0n) is 13.9. The van der Waals surface area contributed by atoms with Gasteiger partial charge in [0.15, 0.2) is 0 Å². The van der Waals surface area contributed by atoms with Crippen molar-refractivity contribution in [2.45, 2.75) is 19.8 Å². The first-order valence-electron chi connectivity index (χ1n) is 7.86. The highest BCUT2D eigenvalue weighted by molar-refractivity contribution is 14.1. The summed E-state index contributed by atoms with van der Waals surface area (Å²) in [5, 5.41) is 2.97. The van der Waals surface area contributed by atoms with Crippen molar-refractivity contribution >= 4 is 40.1 Å². The number of halogens is 1. The quantitative estimate of drug-likeness (QED) is 0.707. The van der Waals surface area contributed by atoms with Gasteiger partial charge in [0, 0.05) is 28.8 Å². The molecule has 1 heterocycles. The Balaban J connectivity index is 1.89. The lowest BCUT2D eigenvalue weighted by Gasteiger charge is -2.18. The van der Waals surface area contributed by atoms with Crippen molar-refractivity contribution < 1.29 is 9.59 Å². The molecule has 0 spiro atoms. The molecule has 6 heteroatoms. The maximum Gasteiger partial charge on any atom is 0.229 e. The summed E-state index contributed by atoms with van der Waals surface area (Å²) < 4.78 is 1.14. The number of anilines is 1. The van der Waals surface area contributed by atoms with Crippen molar-refractivity contribution in [1.29, 1.82) is 0 Å². The van der Waals surface area contributed by atoms with Crippen LogP contribution in [0.15, 0.2) is 18.2 Å². The first-order chi connectivity index (χ1) is 10.9. The van der Waals surface area contributed by atoms with Gasteiger partial charge < -0.3 is 15.1 Å². The van der Waals surface area contributed by atoms with Crippen molar-refractivity contribution in [3.05, 3.63) is 27.3 Å². The molecular formula is C17H24IN3O2. The first-order valence-corrected chi connectivity index (χ1v) is 8.94. The Morgan fingerprint density at radius 3 is 2.83 bits per heavy atom. The van der Waals surface area contributed by atoms with Crippen molar-refractivity contribution in [2.75, 3.05) is 39.0 Å². The highest BCUT2D eigenvalue weighted by Crippen LogP contribution is 2.22. The van der Waals surface area contributed by atoms with E-state index in [-0.39, 0.29) is 17.7 Å². The van der Waals surface area contributed by atoms with Gasteiger partial charge in [0.25, 0.3) is 0 Å². The number of benzene rings is 1. The van der Waals surface area contributed by atoms with Crippen LogP contribution >= 0.6 is 22.6 Å². The van der Waals surface area contributed by atoms with E-state index in [9.17, 15) is 9.59 Å². The zero-order chi connectivity index (χ0) is 17.0. The maximum absolute atomic E-state index is 12.4. The molecule has 0 saturated carbocycles. The lowest BCUT2D eigenvalue weighted by atomic mass is 10.1. The van der Waals surface area contributed by atoms with Gasteiger partial charge in [-0.05, 0) is 80.3 Å². The van der Waals surface area contributed by atoms with Crippen molar-refractivity contribution in [2.24, 2.45) is 5.92 Å². The number of likely N-dealkylation sites (tertiary alicyclic amines) is 1. The Morgan fingerprint density at radius 2 is 2.17 bits per heavy atom. The van der Waals surface area contributed by atoms with Gasteiger partial charge in [-0.15, -0.1) is 0 Å². The first kappa shape index (κ1) is 18.2. The second kappa shape index (κ2) is 8.10. The second-order valence-electron chi connectivity index (χ2n) is 6.35. The number of rotatable bonds is 6. The molecule has 1 unspecified atom stereocenters. The monoisotopic (exact) mass is 429 g/mol. The molecule has 1 aliphatic rings. The second-order valence-corrected chi connectivity index (χ2v) is 7.59. The van der Waals surface area contributed by atoms with Crippen LogP contribution in [0, 0.1) is 16.4 Å². The molecule has 0 bridgehead atoms. The molecule has 2 rings (SSSR count). The lowest BCUT2D eigenvalue weighted by Crippen LogP contribution is -2.30. The maximum atomic E-state index is 12.4. The van der Waals surface area contributed by atoms with Gasteiger partial charge in [0.1, 0.15) is 0 Å². The molecule has 126 valence electrons. The Bertz CT molecular complexity index is 589. The van der Waals surface area contributed by atoms with E-state index < -0.39 is 0 Å². The Labute approximate surface area is 151 Å². The Kier molecular flexibility index (Phi) is 6.41. The standard InChI is InChI=1S/C17H24IN3O2/c1-12-9-14(18)5-6-15(12)19-17(23)13-10-16(22)21(11-13)8-4-7-20(2)3/h5-6,9,13H,4,7-8,10-11H2,1-3H3,(H,19,23). The SMILES string of the molecule is Cc1cc(I)ccc1NC(=O)C1CC(=O)N(CCCN(C)C)C1. The summed E-state index contributed by atoms with van der Waals surface area (Å²) in [4.78, 5) is 28.4. The van der Waals surface area contributed by atoms with Crippen LogP contribution in [0.4, 0.5) is 5.69 Å². The van der Waals surface area contributed by atoms with Crippen LogP contribution in [-0.4, -0.2) is 55.3 Å².